The molecule has 1 fully saturated rings. The van der Waals surface area contributed by atoms with Crippen LogP contribution in [0.5, 0.6) is 0 Å². The first-order chi connectivity index (χ1) is 14.4. The molecule has 2 heterocycles. The molecule has 1 aliphatic rings. The topological polar surface area (TPSA) is 120 Å². The normalized spacial score (nSPS) is 15.6. The third-order valence-electron chi connectivity index (χ3n) is 5.00. The van der Waals surface area contributed by atoms with E-state index in [1.165, 1.54) is 6.20 Å². The molecule has 1 atom stereocenters. The van der Waals surface area contributed by atoms with Gasteiger partial charge in [0.05, 0.1) is 6.10 Å². The summed E-state index contributed by atoms with van der Waals surface area (Å²) in [6, 6.07) is 5.56. The van der Waals surface area contributed by atoms with Gasteiger partial charge in [-0.3, -0.25) is 9.89 Å². The number of likely N-dealkylation sites (tertiary alicyclic amines) is 1. The Labute approximate surface area is 179 Å². The first kappa shape index (κ1) is 22.0. The Morgan fingerprint density at radius 1 is 1.37 bits per heavy atom. The van der Waals surface area contributed by atoms with Crippen LogP contribution >= 0.6 is 11.6 Å². The van der Waals surface area contributed by atoms with Crippen LogP contribution < -0.4 is 5.32 Å². The molecule has 2 amide bonds. The van der Waals surface area contributed by atoms with Crippen LogP contribution in [-0.4, -0.2) is 56.5 Å². The van der Waals surface area contributed by atoms with Crippen molar-refractivity contribution in [2.45, 2.75) is 51.4 Å². The van der Waals surface area contributed by atoms with Crippen molar-refractivity contribution in [3.8, 4) is 0 Å². The number of H-pyrrole nitrogens is 1. The number of nitrogens with zero attached hydrogens (tertiary/aromatic N) is 3. The quantitative estimate of drug-likeness (QED) is 0.614. The molecule has 3 rings (SSSR count). The fourth-order valence-corrected chi connectivity index (χ4v) is 3.74. The molecule has 2 aromatic rings. The second-order valence-electron chi connectivity index (χ2n) is 7.47. The molecule has 0 radical (unpaired) electrons. The Morgan fingerprint density at radius 3 is 2.80 bits per heavy atom. The van der Waals surface area contributed by atoms with Gasteiger partial charge in [-0.15, -0.1) is 5.10 Å². The summed E-state index contributed by atoms with van der Waals surface area (Å²) in [5.41, 5.74) is 2.28. The van der Waals surface area contributed by atoms with Crippen LogP contribution in [0.2, 0.25) is 5.02 Å². The maximum Gasteiger partial charge on any atom is 0.410 e. The number of hydrogen-bond donors (Lipinski definition) is 3. The fourth-order valence-electron chi connectivity index (χ4n) is 3.43. The monoisotopic (exact) mass is 435 g/mol. The summed E-state index contributed by atoms with van der Waals surface area (Å²) in [4.78, 5) is 26.1. The third-order valence-corrected chi connectivity index (χ3v) is 5.22. The van der Waals surface area contributed by atoms with E-state index in [-0.39, 0.29) is 37.5 Å². The number of rotatable bonds is 7. The predicted octanol–water partition coefficient (Wildman–Crippen LogP) is 2.50. The molecular weight excluding hydrogens is 410 g/mol. The maximum absolute atomic E-state index is 12.3. The van der Waals surface area contributed by atoms with Crippen molar-refractivity contribution in [2.75, 3.05) is 13.1 Å². The van der Waals surface area contributed by atoms with E-state index in [0.29, 0.717) is 36.6 Å². The Balaban J connectivity index is 1.35. The van der Waals surface area contributed by atoms with Gasteiger partial charge >= 0.3 is 6.09 Å². The minimum atomic E-state index is -0.825. The number of aromatic amines is 1. The number of hydrogen-bond acceptors (Lipinski definition) is 6. The SMILES string of the molecule is Cc1cc(Cl)cc(COC(=O)N2CCC(NC(=O)CCC(O)c3c[nH]nn3)CC2)c1. The number of aryl methyl sites for hydroxylation is 1. The van der Waals surface area contributed by atoms with E-state index in [0.717, 1.165) is 11.1 Å². The van der Waals surface area contributed by atoms with E-state index < -0.39 is 6.10 Å². The summed E-state index contributed by atoms with van der Waals surface area (Å²) in [7, 11) is 0. The molecule has 10 heteroatoms. The Kier molecular flexibility index (Phi) is 7.64. The molecule has 0 spiro atoms. The molecular formula is C20H26ClN5O4. The van der Waals surface area contributed by atoms with E-state index in [4.69, 9.17) is 16.3 Å². The van der Waals surface area contributed by atoms with Crippen LogP contribution in [0, 0.1) is 6.92 Å². The summed E-state index contributed by atoms with van der Waals surface area (Å²) in [5, 5.41) is 23.3. The zero-order valence-electron chi connectivity index (χ0n) is 16.8. The molecule has 1 saturated heterocycles. The van der Waals surface area contributed by atoms with Crippen LogP contribution in [0.3, 0.4) is 0 Å². The van der Waals surface area contributed by atoms with Crippen molar-refractivity contribution >= 4 is 23.6 Å². The number of nitrogens with one attached hydrogen (secondary N) is 2. The molecule has 3 N–H and O–H groups in total. The number of aliphatic hydroxyl groups is 1. The third kappa shape index (κ3) is 6.43. The summed E-state index contributed by atoms with van der Waals surface area (Å²) in [6.45, 7) is 3.13. The van der Waals surface area contributed by atoms with Gasteiger partial charge in [-0.1, -0.05) is 22.9 Å². The number of piperidine rings is 1. The average Bonchev–Trinajstić information content (AvgIpc) is 3.25. The Bertz CT molecular complexity index is 833. The van der Waals surface area contributed by atoms with E-state index >= 15 is 0 Å². The number of amides is 2. The summed E-state index contributed by atoms with van der Waals surface area (Å²) in [5.74, 6) is -0.130. The van der Waals surface area contributed by atoms with Crippen molar-refractivity contribution in [2.24, 2.45) is 0 Å². The lowest BCUT2D eigenvalue weighted by molar-refractivity contribution is -0.122. The van der Waals surface area contributed by atoms with Gasteiger partial charge < -0.3 is 20.1 Å². The second-order valence-corrected chi connectivity index (χ2v) is 7.91. The van der Waals surface area contributed by atoms with Gasteiger partial charge in [-0.05, 0) is 49.4 Å². The number of benzene rings is 1. The van der Waals surface area contributed by atoms with Crippen LogP contribution in [0.4, 0.5) is 4.79 Å². The van der Waals surface area contributed by atoms with Crippen LogP contribution in [0.15, 0.2) is 24.4 Å². The fraction of sp³-hybridized carbons (Fsp3) is 0.500. The lowest BCUT2D eigenvalue weighted by atomic mass is 10.0. The van der Waals surface area contributed by atoms with Crippen molar-refractivity contribution in [3.63, 3.8) is 0 Å². The molecule has 0 saturated carbocycles. The molecule has 9 nitrogen and oxygen atoms in total. The van der Waals surface area contributed by atoms with Crippen molar-refractivity contribution in [3.05, 3.63) is 46.2 Å². The van der Waals surface area contributed by atoms with Gasteiger partial charge in [0.2, 0.25) is 5.91 Å². The summed E-state index contributed by atoms with van der Waals surface area (Å²) in [6.07, 6.45) is 2.08. The highest BCUT2D eigenvalue weighted by molar-refractivity contribution is 6.30. The molecule has 30 heavy (non-hydrogen) atoms. The molecule has 1 aliphatic heterocycles. The van der Waals surface area contributed by atoms with Gasteiger partial charge in [0, 0.05) is 36.8 Å². The van der Waals surface area contributed by atoms with Crippen LogP contribution in [0.25, 0.3) is 0 Å². The maximum atomic E-state index is 12.3. The van der Waals surface area contributed by atoms with Gasteiger partial charge in [0.1, 0.15) is 12.3 Å². The van der Waals surface area contributed by atoms with Crippen molar-refractivity contribution < 1.29 is 19.4 Å². The molecule has 1 aromatic heterocycles. The lowest BCUT2D eigenvalue weighted by Crippen LogP contribution is -2.46. The Hall–Kier alpha value is -2.65. The average molecular weight is 436 g/mol. The number of carbonyl (C=O) groups excluding carboxylic acids is 2. The number of carbonyl (C=O) groups is 2. The molecule has 1 aromatic carbocycles. The number of ether oxygens (including phenoxy) is 1. The highest BCUT2D eigenvalue weighted by atomic mass is 35.5. The molecule has 0 bridgehead atoms. The van der Waals surface area contributed by atoms with E-state index in [1.807, 2.05) is 19.1 Å². The van der Waals surface area contributed by atoms with Gasteiger partial charge in [-0.25, -0.2) is 4.79 Å². The van der Waals surface area contributed by atoms with Crippen LogP contribution in [-0.2, 0) is 16.1 Å². The molecule has 162 valence electrons. The Morgan fingerprint density at radius 2 is 2.13 bits per heavy atom. The summed E-state index contributed by atoms with van der Waals surface area (Å²) >= 11 is 6.03. The number of aromatic nitrogens is 3. The smallest absolute Gasteiger partial charge is 0.410 e. The van der Waals surface area contributed by atoms with Gasteiger partial charge in [-0.2, -0.15) is 0 Å². The minimum Gasteiger partial charge on any atom is -0.445 e. The zero-order valence-corrected chi connectivity index (χ0v) is 17.6. The first-order valence-electron chi connectivity index (χ1n) is 9.92. The molecule has 0 aliphatic carbocycles. The zero-order chi connectivity index (χ0) is 21.5. The van der Waals surface area contributed by atoms with Crippen molar-refractivity contribution in [1.29, 1.82) is 0 Å². The first-order valence-corrected chi connectivity index (χ1v) is 10.3. The summed E-state index contributed by atoms with van der Waals surface area (Å²) < 4.78 is 5.39. The molecule has 1 unspecified atom stereocenters. The predicted molar refractivity (Wildman–Crippen MR) is 110 cm³/mol. The number of halogens is 1. The highest BCUT2D eigenvalue weighted by Gasteiger charge is 2.25. The van der Waals surface area contributed by atoms with Crippen LogP contribution in [0.1, 0.15) is 48.6 Å². The standard InChI is InChI=1S/C20H26ClN5O4/c1-13-8-14(10-15(21)9-13)12-30-20(29)26-6-4-16(5-7-26)23-19(28)3-2-18(27)17-11-22-25-24-17/h8-11,16,18,27H,2-7,12H2,1H3,(H,23,28)(H,22,24,25). The van der Waals surface area contributed by atoms with E-state index in [9.17, 15) is 14.7 Å². The van der Waals surface area contributed by atoms with Gasteiger partial charge in [0.25, 0.3) is 0 Å². The van der Waals surface area contributed by atoms with E-state index in [1.54, 1.807) is 11.0 Å². The lowest BCUT2D eigenvalue weighted by Gasteiger charge is -2.31. The van der Waals surface area contributed by atoms with Gasteiger partial charge in [0.15, 0.2) is 0 Å². The van der Waals surface area contributed by atoms with Crippen molar-refractivity contribution in [1.82, 2.24) is 25.6 Å². The number of aliphatic hydroxyl groups excluding tert-OH is 1. The highest BCUT2D eigenvalue weighted by Crippen LogP contribution is 2.18. The minimum absolute atomic E-state index is 0.00122. The second kappa shape index (κ2) is 10.4. The largest absolute Gasteiger partial charge is 0.445 e. The van der Waals surface area contributed by atoms with E-state index in [2.05, 4.69) is 20.7 Å².